The van der Waals surface area contributed by atoms with Crippen LogP contribution in [0.5, 0.6) is 0 Å². The van der Waals surface area contributed by atoms with Crippen LogP contribution in [0, 0.1) is 0 Å². The number of thiocarbonyl (C=S) groups is 1. The molecular formula is C12H12N4O2S2. The summed E-state index contributed by atoms with van der Waals surface area (Å²) in [5.41, 5.74) is 6.29. The van der Waals surface area contributed by atoms with Gasteiger partial charge in [-0.05, 0) is 23.8 Å². The van der Waals surface area contributed by atoms with Crippen molar-refractivity contribution in [3.05, 3.63) is 48.3 Å². The van der Waals surface area contributed by atoms with Crippen molar-refractivity contribution in [2.24, 2.45) is 5.73 Å². The number of nitrogens with two attached hydrogens (primary N) is 1. The third kappa shape index (κ3) is 3.72. The highest BCUT2D eigenvalue weighted by atomic mass is 32.2. The zero-order valence-electron chi connectivity index (χ0n) is 10.4. The number of nitrogens with zero attached hydrogens (tertiary/aromatic N) is 2. The van der Waals surface area contributed by atoms with Gasteiger partial charge in [-0.2, -0.15) is 0 Å². The molecule has 0 bridgehead atoms. The standard InChI is InChI=1S/C12H12N4O2S2/c13-11(19)8-9-2-4-10(5-3-9)20(17,18)16-12-14-6-1-7-15-12/h1-7H,8H2,(H2,13,19)(H,14,15,16). The Balaban J connectivity index is 2.19. The van der Waals surface area contributed by atoms with Gasteiger partial charge in [-0.3, -0.25) is 0 Å². The van der Waals surface area contributed by atoms with Gasteiger partial charge in [-0.25, -0.2) is 23.1 Å². The molecule has 0 saturated carbocycles. The van der Waals surface area contributed by atoms with Gasteiger partial charge in [0, 0.05) is 18.8 Å². The molecule has 0 aliphatic carbocycles. The number of rotatable bonds is 5. The van der Waals surface area contributed by atoms with Crippen LogP contribution < -0.4 is 10.5 Å². The van der Waals surface area contributed by atoms with Crippen molar-refractivity contribution in [2.75, 3.05) is 4.72 Å². The van der Waals surface area contributed by atoms with Gasteiger partial charge in [0.05, 0.1) is 9.88 Å². The van der Waals surface area contributed by atoms with E-state index in [9.17, 15) is 8.42 Å². The van der Waals surface area contributed by atoms with Crippen molar-refractivity contribution in [2.45, 2.75) is 11.3 Å². The fraction of sp³-hybridized carbons (Fsp3) is 0.0833. The zero-order chi connectivity index (χ0) is 14.6. The van der Waals surface area contributed by atoms with E-state index < -0.39 is 10.0 Å². The molecule has 1 aromatic carbocycles. The lowest BCUT2D eigenvalue weighted by Crippen LogP contribution is -2.15. The number of hydrogen-bond donors (Lipinski definition) is 2. The van der Waals surface area contributed by atoms with Gasteiger partial charge in [0.1, 0.15) is 0 Å². The van der Waals surface area contributed by atoms with Crippen molar-refractivity contribution in [3.63, 3.8) is 0 Å². The third-order valence-corrected chi connectivity index (χ3v) is 3.89. The summed E-state index contributed by atoms with van der Waals surface area (Å²) in [5, 5.41) is 0. The highest BCUT2D eigenvalue weighted by molar-refractivity contribution is 7.92. The number of sulfonamides is 1. The first-order valence-electron chi connectivity index (χ1n) is 5.64. The summed E-state index contributed by atoms with van der Waals surface area (Å²) in [5.74, 6) is 0.0275. The van der Waals surface area contributed by atoms with Crippen LogP contribution in [-0.2, 0) is 16.4 Å². The molecule has 104 valence electrons. The third-order valence-electron chi connectivity index (χ3n) is 2.40. The average molecular weight is 308 g/mol. The first-order chi connectivity index (χ1) is 9.47. The Bertz CT molecular complexity index is 700. The van der Waals surface area contributed by atoms with Gasteiger partial charge in [0.15, 0.2) is 0 Å². The lowest BCUT2D eigenvalue weighted by atomic mass is 10.1. The van der Waals surface area contributed by atoms with E-state index in [2.05, 4.69) is 14.7 Å². The molecule has 0 amide bonds. The highest BCUT2D eigenvalue weighted by Gasteiger charge is 2.15. The average Bonchev–Trinajstić information content (AvgIpc) is 2.39. The molecule has 3 N–H and O–H groups in total. The van der Waals surface area contributed by atoms with Crippen LogP contribution in [0.2, 0.25) is 0 Å². The monoisotopic (exact) mass is 308 g/mol. The number of aromatic nitrogens is 2. The Morgan fingerprint density at radius 2 is 1.80 bits per heavy atom. The van der Waals surface area contributed by atoms with Gasteiger partial charge in [0.25, 0.3) is 10.0 Å². The lowest BCUT2D eigenvalue weighted by Gasteiger charge is -2.07. The summed E-state index contributed by atoms with van der Waals surface area (Å²) in [7, 11) is -3.70. The minimum atomic E-state index is -3.70. The fourth-order valence-electron chi connectivity index (χ4n) is 1.52. The van der Waals surface area contributed by atoms with E-state index in [1.165, 1.54) is 24.5 Å². The Morgan fingerprint density at radius 1 is 1.20 bits per heavy atom. The fourth-order valence-corrected chi connectivity index (χ4v) is 2.64. The smallest absolute Gasteiger partial charge is 0.264 e. The summed E-state index contributed by atoms with van der Waals surface area (Å²) in [6, 6.07) is 7.90. The maximum Gasteiger partial charge on any atom is 0.264 e. The molecule has 0 aliphatic heterocycles. The SMILES string of the molecule is NC(=S)Cc1ccc(S(=O)(=O)Nc2ncccn2)cc1. The Kier molecular flexibility index (Phi) is 4.26. The first-order valence-corrected chi connectivity index (χ1v) is 7.53. The number of nitrogens with one attached hydrogen (secondary N) is 1. The molecule has 6 nitrogen and oxygen atoms in total. The van der Waals surface area contributed by atoms with E-state index in [1.54, 1.807) is 18.2 Å². The van der Waals surface area contributed by atoms with Crippen molar-refractivity contribution in [3.8, 4) is 0 Å². The second-order valence-corrected chi connectivity index (χ2v) is 6.17. The van der Waals surface area contributed by atoms with E-state index in [0.717, 1.165) is 5.56 Å². The second-order valence-electron chi connectivity index (χ2n) is 3.96. The van der Waals surface area contributed by atoms with Gasteiger partial charge in [0.2, 0.25) is 5.95 Å². The normalized spacial score (nSPS) is 11.0. The molecule has 2 rings (SSSR count). The van der Waals surface area contributed by atoms with Gasteiger partial charge >= 0.3 is 0 Å². The van der Waals surface area contributed by atoms with Gasteiger partial charge in [-0.15, -0.1) is 0 Å². The molecule has 0 unspecified atom stereocenters. The summed E-state index contributed by atoms with van der Waals surface area (Å²) in [4.78, 5) is 8.10. The molecule has 0 aliphatic rings. The van der Waals surface area contributed by atoms with Gasteiger partial charge in [-0.1, -0.05) is 24.4 Å². The molecule has 0 saturated heterocycles. The summed E-state index contributed by atoms with van der Waals surface area (Å²) in [6.07, 6.45) is 3.34. The number of hydrogen-bond acceptors (Lipinski definition) is 5. The quantitative estimate of drug-likeness (QED) is 0.803. The molecule has 8 heteroatoms. The molecule has 20 heavy (non-hydrogen) atoms. The molecule has 1 aromatic heterocycles. The molecule has 0 atom stereocenters. The van der Waals surface area contributed by atoms with Crippen LogP contribution in [-0.4, -0.2) is 23.4 Å². The first kappa shape index (κ1) is 14.4. The van der Waals surface area contributed by atoms with Crippen LogP contribution in [0.4, 0.5) is 5.95 Å². The van der Waals surface area contributed by atoms with E-state index in [4.69, 9.17) is 18.0 Å². The molecule has 1 heterocycles. The Morgan fingerprint density at radius 3 is 2.35 bits per heavy atom. The van der Waals surface area contributed by atoms with E-state index in [0.29, 0.717) is 11.4 Å². The Hall–Kier alpha value is -2.06. The van der Waals surface area contributed by atoms with E-state index in [1.807, 2.05) is 0 Å². The van der Waals surface area contributed by atoms with Gasteiger partial charge < -0.3 is 5.73 Å². The molecule has 0 spiro atoms. The van der Waals surface area contributed by atoms with Crippen molar-refractivity contribution in [1.82, 2.24) is 9.97 Å². The van der Waals surface area contributed by atoms with Crippen molar-refractivity contribution < 1.29 is 8.42 Å². The van der Waals surface area contributed by atoms with Crippen LogP contribution >= 0.6 is 12.2 Å². The largest absolute Gasteiger partial charge is 0.393 e. The minimum absolute atomic E-state index is 0.0275. The highest BCUT2D eigenvalue weighted by Crippen LogP contribution is 2.14. The topological polar surface area (TPSA) is 98.0 Å². The zero-order valence-corrected chi connectivity index (χ0v) is 12.0. The maximum atomic E-state index is 12.1. The van der Waals surface area contributed by atoms with E-state index >= 15 is 0 Å². The van der Waals surface area contributed by atoms with Crippen LogP contribution in [0.15, 0.2) is 47.6 Å². The van der Waals surface area contributed by atoms with Crippen LogP contribution in [0.3, 0.4) is 0 Å². The predicted molar refractivity (Wildman–Crippen MR) is 79.8 cm³/mol. The second kappa shape index (κ2) is 5.93. The maximum absolute atomic E-state index is 12.1. The molecular weight excluding hydrogens is 296 g/mol. The van der Waals surface area contributed by atoms with Crippen LogP contribution in [0.25, 0.3) is 0 Å². The van der Waals surface area contributed by atoms with E-state index in [-0.39, 0.29) is 10.8 Å². The molecule has 0 radical (unpaired) electrons. The summed E-state index contributed by atoms with van der Waals surface area (Å²) in [6.45, 7) is 0. The Labute approximate surface area is 122 Å². The lowest BCUT2D eigenvalue weighted by molar-refractivity contribution is 0.601. The summed E-state index contributed by atoms with van der Waals surface area (Å²) < 4.78 is 26.5. The minimum Gasteiger partial charge on any atom is -0.393 e. The number of benzene rings is 1. The summed E-state index contributed by atoms with van der Waals surface area (Å²) >= 11 is 4.80. The van der Waals surface area contributed by atoms with Crippen molar-refractivity contribution >= 4 is 33.2 Å². The molecule has 2 aromatic rings. The predicted octanol–water partition coefficient (Wildman–Crippen LogP) is 1.11. The molecule has 0 fully saturated rings. The van der Waals surface area contributed by atoms with Crippen LogP contribution in [0.1, 0.15) is 5.56 Å². The van der Waals surface area contributed by atoms with Crippen molar-refractivity contribution in [1.29, 1.82) is 0 Å². The number of anilines is 1.